The number of aromatic amines is 1. The van der Waals surface area contributed by atoms with Crippen LogP contribution in [0, 0.1) is 0 Å². The Morgan fingerprint density at radius 1 is 1.46 bits per heavy atom. The Morgan fingerprint density at radius 3 is 3.04 bits per heavy atom. The molecular formula is C17H19ClN4O2. The molecule has 1 amide bonds. The van der Waals surface area contributed by atoms with Crippen molar-refractivity contribution in [3.63, 3.8) is 0 Å². The van der Waals surface area contributed by atoms with Crippen LogP contribution >= 0.6 is 11.6 Å². The van der Waals surface area contributed by atoms with Gasteiger partial charge < -0.3 is 15.2 Å². The van der Waals surface area contributed by atoms with Crippen LogP contribution in [0.1, 0.15) is 34.7 Å². The van der Waals surface area contributed by atoms with Gasteiger partial charge in [-0.05, 0) is 36.6 Å². The van der Waals surface area contributed by atoms with Crippen LogP contribution in [0.25, 0.3) is 0 Å². The topological polar surface area (TPSA) is 78.1 Å². The second-order valence-electron chi connectivity index (χ2n) is 5.88. The van der Waals surface area contributed by atoms with E-state index in [1.807, 2.05) is 24.1 Å². The maximum absolute atomic E-state index is 12.7. The van der Waals surface area contributed by atoms with E-state index in [2.05, 4.69) is 15.3 Å². The number of likely N-dealkylation sites (tertiary alicyclic amines) is 1. The van der Waals surface area contributed by atoms with Crippen molar-refractivity contribution in [2.75, 3.05) is 25.5 Å². The number of amides is 1. The first-order chi connectivity index (χ1) is 11.6. The lowest BCUT2D eigenvalue weighted by molar-refractivity contribution is 0.0706. The van der Waals surface area contributed by atoms with Crippen molar-refractivity contribution < 1.29 is 4.79 Å². The molecule has 2 aromatic rings. The lowest BCUT2D eigenvalue weighted by Crippen LogP contribution is -2.39. The van der Waals surface area contributed by atoms with E-state index in [1.54, 1.807) is 6.20 Å². The maximum Gasteiger partial charge on any atom is 0.266 e. The van der Waals surface area contributed by atoms with E-state index in [0.29, 0.717) is 18.7 Å². The fourth-order valence-electron chi connectivity index (χ4n) is 3.03. The maximum atomic E-state index is 12.7. The Balaban J connectivity index is 1.78. The number of nitrogens with zero attached hydrogens (tertiary/aromatic N) is 2. The van der Waals surface area contributed by atoms with Crippen molar-refractivity contribution in [1.29, 1.82) is 0 Å². The van der Waals surface area contributed by atoms with Crippen LogP contribution in [0.5, 0.6) is 0 Å². The average molecular weight is 347 g/mol. The number of carbonyl (C=O) groups excluding carboxylic acids is 1. The molecule has 0 spiro atoms. The van der Waals surface area contributed by atoms with Gasteiger partial charge in [-0.2, -0.15) is 0 Å². The molecule has 1 saturated heterocycles. The van der Waals surface area contributed by atoms with Crippen molar-refractivity contribution in [2.24, 2.45) is 0 Å². The summed E-state index contributed by atoms with van der Waals surface area (Å²) in [5.74, 6) is 0.986. The minimum Gasteiger partial charge on any atom is -0.373 e. The third kappa shape index (κ3) is 3.43. The van der Waals surface area contributed by atoms with Gasteiger partial charge in [0.15, 0.2) is 0 Å². The zero-order chi connectivity index (χ0) is 17.1. The van der Waals surface area contributed by atoms with Gasteiger partial charge in [-0.1, -0.05) is 11.6 Å². The van der Waals surface area contributed by atoms with E-state index in [-0.39, 0.29) is 22.4 Å². The highest BCUT2D eigenvalue weighted by atomic mass is 35.5. The first-order valence-corrected chi connectivity index (χ1v) is 8.27. The predicted octanol–water partition coefficient (Wildman–Crippen LogP) is 2.48. The molecule has 24 heavy (non-hydrogen) atoms. The molecule has 0 bridgehead atoms. The van der Waals surface area contributed by atoms with Crippen LogP contribution in [0.15, 0.2) is 35.4 Å². The largest absolute Gasteiger partial charge is 0.373 e. The molecule has 0 aromatic carbocycles. The van der Waals surface area contributed by atoms with E-state index in [9.17, 15) is 9.59 Å². The van der Waals surface area contributed by atoms with Crippen LogP contribution in [0.3, 0.4) is 0 Å². The Hall–Kier alpha value is -2.34. The minimum absolute atomic E-state index is 0.0298. The molecular weight excluding hydrogens is 328 g/mol. The molecule has 2 aromatic heterocycles. The normalized spacial score (nSPS) is 17.6. The Bertz CT molecular complexity index is 805. The van der Waals surface area contributed by atoms with Gasteiger partial charge in [-0.25, -0.2) is 4.98 Å². The first-order valence-electron chi connectivity index (χ1n) is 7.89. The van der Waals surface area contributed by atoms with E-state index in [1.165, 1.54) is 17.8 Å². The van der Waals surface area contributed by atoms with Crippen LogP contribution in [-0.2, 0) is 0 Å². The second kappa shape index (κ2) is 7.05. The monoisotopic (exact) mass is 346 g/mol. The Morgan fingerprint density at radius 2 is 2.29 bits per heavy atom. The average Bonchev–Trinajstić information content (AvgIpc) is 2.63. The standard InChI is InChI=1S/C17H19ClN4O2/c1-19-15-8-11(4-5-20-15)12-3-2-6-22(10-12)17(24)13-7-14(18)16(23)21-9-13/h4-5,7-9,12H,2-3,6,10H2,1H3,(H,19,20)(H,21,23)/t12-/m1/s1. The number of H-pyrrole nitrogens is 1. The van der Waals surface area contributed by atoms with Gasteiger partial charge in [-0.15, -0.1) is 0 Å². The molecule has 0 unspecified atom stereocenters. The van der Waals surface area contributed by atoms with E-state index < -0.39 is 0 Å². The summed E-state index contributed by atoms with van der Waals surface area (Å²) >= 11 is 5.83. The number of piperidine rings is 1. The summed E-state index contributed by atoms with van der Waals surface area (Å²) in [4.78, 5) is 32.6. The fourth-order valence-corrected chi connectivity index (χ4v) is 3.21. The molecule has 1 aliphatic rings. The summed E-state index contributed by atoms with van der Waals surface area (Å²) in [7, 11) is 1.84. The molecule has 1 aliphatic heterocycles. The Kier molecular flexibility index (Phi) is 4.85. The number of hydrogen-bond acceptors (Lipinski definition) is 4. The van der Waals surface area contributed by atoms with E-state index in [4.69, 9.17) is 11.6 Å². The molecule has 0 radical (unpaired) electrons. The number of nitrogens with one attached hydrogen (secondary N) is 2. The second-order valence-corrected chi connectivity index (χ2v) is 6.29. The summed E-state index contributed by atoms with van der Waals surface area (Å²) in [6.45, 7) is 1.35. The summed E-state index contributed by atoms with van der Waals surface area (Å²) in [6, 6.07) is 5.45. The highest BCUT2D eigenvalue weighted by Gasteiger charge is 2.26. The number of aromatic nitrogens is 2. The summed E-state index contributed by atoms with van der Waals surface area (Å²) < 4.78 is 0. The van der Waals surface area contributed by atoms with Crippen molar-refractivity contribution in [3.8, 4) is 0 Å². The number of halogens is 1. The number of anilines is 1. The fraction of sp³-hybridized carbons (Fsp3) is 0.353. The van der Waals surface area contributed by atoms with E-state index >= 15 is 0 Å². The smallest absolute Gasteiger partial charge is 0.266 e. The summed E-state index contributed by atoms with van der Waals surface area (Å²) in [6.07, 6.45) is 5.17. The number of carbonyl (C=O) groups is 1. The summed E-state index contributed by atoms with van der Waals surface area (Å²) in [5.41, 5.74) is 1.19. The predicted molar refractivity (Wildman–Crippen MR) is 93.7 cm³/mol. The Labute approximate surface area is 144 Å². The molecule has 3 rings (SSSR count). The third-order valence-corrected chi connectivity index (χ3v) is 4.61. The molecule has 0 aliphatic carbocycles. The van der Waals surface area contributed by atoms with Gasteiger partial charge in [0, 0.05) is 38.4 Å². The van der Waals surface area contributed by atoms with Gasteiger partial charge in [0.2, 0.25) is 0 Å². The molecule has 7 heteroatoms. The van der Waals surface area contributed by atoms with Gasteiger partial charge >= 0.3 is 0 Å². The van der Waals surface area contributed by atoms with Gasteiger partial charge in [0.1, 0.15) is 10.8 Å². The van der Waals surface area contributed by atoms with Crippen molar-refractivity contribution in [2.45, 2.75) is 18.8 Å². The zero-order valence-corrected chi connectivity index (χ0v) is 14.1. The number of rotatable bonds is 3. The zero-order valence-electron chi connectivity index (χ0n) is 13.4. The van der Waals surface area contributed by atoms with Crippen LogP contribution in [0.4, 0.5) is 5.82 Å². The molecule has 1 atom stereocenters. The van der Waals surface area contributed by atoms with Crippen LogP contribution < -0.4 is 10.9 Å². The van der Waals surface area contributed by atoms with Crippen molar-refractivity contribution in [1.82, 2.24) is 14.9 Å². The molecule has 0 saturated carbocycles. The summed E-state index contributed by atoms with van der Waals surface area (Å²) in [5, 5.41) is 3.07. The molecule has 2 N–H and O–H groups in total. The first kappa shape index (κ1) is 16.5. The molecule has 3 heterocycles. The van der Waals surface area contributed by atoms with Crippen molar-refractivity contribution in [3.05, 3.63) is 57.1 Å². The van der Waals surface area contributed by atoms with Gasteiger partial charge in [0.25, 0.3) is 11.5 Å². The highest BCUT2D eigenvalue weighted by molar-refractivity contribution is 6.30. The molecule has 1 fully saturated rings. The van der Waals surface area contributed by atoms with Gasteiger partial charge in [-0.3, -0.25) is 9.59 Å². The lowest BCUT2D eigenvalue weighted by Gasteiger charge is -2.33. The van der Waals surface area contributed by atoms with E-state index in [0.717, 1.165) is 18.7 Å². The van der Waals surface area contributed by atoms with Crippen LogP contribution in [0.2, 0.25) is 5.02 Å². The number of pyridine rings is 2. The number of hydrogen-bond donors (Lipinski definition) is 2. The lowest BCUT2D eigenvalue weighted by atomic mass is 9.91. The van der Waals surface area contributed by atoms with Crippen LogP contribution in [-0.4, -0.2) is 40.9 Å². The highest BCUT2D eigenvalue weighted by Crippen LogP contribution is 2.28. The quantitative estimate of drug-likeness (QED) is 0.895. The molecule has 6 nitrogen and oxygen atoms in total. The SMILES string of the molecule is CNc1cc([C@@H]2CCCN(C(=O)c3c[nH]c(=O)c(Cl)c3)C2)ccn1. The minimum atomic E-state index is -0.388. The van der Waals surface area contributed by atoms with Crippen molar-refractivity contribution >= 4 is 23.3 Å². The third-order valence-electron chi connectivity index (χ3n) is 4.32. The molecule has 126 valence electrons. The van der Waals surface area contributed by atoms with Gasteiger partial charge in [0.05, 0.1) is 5.56 Å².